The summed E-state index contributed by atoms with van der Waals surface area (Å²) in [7, 11) is -2.11. The Labute approximate surface area is 121 Å². The third-order valence-electron chi connectivity index (χ3n) is 2.79. The van der Waals surface area contributed by atoms with Crippen LogP contribution in [-0.4, -0.2) is 32.2 Å². The third kappa shape index (κ3) is 2.68. The average Bonchev–Trinajstić information content (AvgIpc) is 2.94. The molecule has 0 unspecified atom stereocenters. The largest absolute Gasteiger partial charge is 0.454 e. The van der Waals surface area contributed by atoms with Gasteiger partial charge in [0.25, 0.3) is 10.0 Å². The number of nitrogens with one attached hydrogen (secondary N) is 2. The molecule has 2 heterocycles. The van der Waals surface area contributed by atoms with E-state index in [1.165, 1.54) is 12.4 Å². The van der Waals surface area contributed by atoms with Crippen molar-refractivity contribution in [2.24, 2.45) is 0 Å². The summed E-state index contributed by atoms with van der Waals surface area (Å²) in [5.74, 6) is 1.42. The fraction of sp³-hybridized carbons (Fsp3) is 0.167. The van der Waals surface area contributed by atoms with Gasteiger partial charge in [-0.25, -0.2) is 18.4 Å². The lowest BCUT2D eigenvalue weighted by atomic mass is 10.3. The highest BCUT2D eigenvalue weighted by Gasteiger charge is 2.18. The van der Waals surface area contributed by atoms with E-state index in [1.54, 1.807) is 25.2 Å². The van der Waals surface area contributed by atoms with Crippen molar-refractivity contribution in [3.63, 3.8) is 0 Å². The Morgan fingerprint density at radius 1 is 1.14 bits per heavy atom. The molecular formula is C12H12N4O4S. The van der Waals surface area contributed by atoms with E-state index in [0.29, 0.717) is 23.1 Å². The summed E-state index contributed by atoms with van der Waals surface area (Å²) in [6, 6.07) is 4.79. The van der Waals surface area contributed by atoms with Crippen molar-refractivity contribution in [2.45, 2.75) is 4.90 Å². The highest BCUT2D eigenvalue weighted by molar-refractivity contribution is 7.92. The normalized spacial score (nSPS) is 13.0. The molecule has 0 radical (unpaired) electrons. The Kier molecular flexibility index (Phi) is 3.26. The van der Waals surface area contributed by atoms with Crippen LogP contribution in [0.15, 0.2) is 35.5 Å². The van der Waals surface area contributed by atoms with E-state index in [9.17, 15) is 8.42 Å². The van der Waals surface area contributed by atoms with Crippen LogP contribution in [0.5, 0.6) is 11.5 Å². The molecule has 9 heteroatoms. The number of benzene rings is 1. The minimum Gasteiger partial charge on any atom is -0.454 e. The first kappa shape index (κ1) is 13.4. The van der Waals surface area contributed by atoms with Gasteiger partial charge in [-0.2, -0.15) is 0 Å². The molecule has 110 valence electrons. The van der Waals surface area contributed by atoms with Gasteiger partial charge >= 0.3 is 0 Å². The van der Waals surface area contributed by atoms with Crippen LogP contribution >= 0.6 is 0 Å². The van der Waals surface area contributed by atoms with Crippen molar-refractivity contribution in [2.75, 3.05) is 23.9 Å². The summed E-state index contributed by atoms with van der Waals surface area (Å²) in [6.07, 6.45) is 2.46. The second-order valence-corrected chi connectivity index (χ2v) is 5.85. The first-order chi connectivity index (χ1) is 10.1. The Balaban J connectivity index is 1.85. The van der Waals surface area contributed by atoms with Gasteiger partial charge in [-0.15, -0.1) is 0 Å². The molecule has 1 aliphatic heterocycles. The molecule has 0 fully saturated rings. The molecular weight excluding hydrogens is 296 g/mol. The number of nitrogens with zero attached hydrogens (tertiary/aromatic N) is 2. The van der Waals surface area contributed by atoms with Gasteiger partial charge in [-0.1, -0.05) is 0 Å². The highest BCUT2D eigenvalue weighted by Crippen LogP contribution is 2.34. The smallest absolute Gasteiger partial charge is 0.264 e. The summed E-state index contributed by atoms with van der Waals surface area (Å²) in [5.41, 5.74) is 0.372. The van der Waals surface area contributed by atoms with E-state index in [1.807, 2.05) is 0 Å². The Morgan fingerprint density at radius 3 is 2.57 bits per heavy atom. The third-order valence-corrected chi connectivity index (χ3v) is 4.12. The molecule has 0 bridgehead atoms. The van der Waals surface area contributed by atoms with Gasteiger partial charge in [-0.05, 0) is 12.1 Å². The van der Waals surface area contributed by atoms with E-state index in [2.05, 4.69) is 20.0 Å². The maximum atomic E-state index is 12.2. The number of hydrogen-bond acceptors (Lipinski definition) is 7. The molecule has 2 N–H and O–H groups in total. The molecule has 0 amide bonds. The second kappa shape index (κ2) is 5.09. The van der Waals surface area contributed by atoms with Crippen LogP contribution < -0.4 is 19.5 Å². The minimum absolute atomic E-state index is 0.0285. The molecule has 0 aliphatic carbocycles. The molecule has 1 aromatic heterocycles. The molecule has 8 nitrogen and oxygen atoms in total. The number of ether oxygens (including phenoxy) is 2. The number of hydrogen-bond donors (Lipinski definition) is 2. The van der Waals surface area contributed by atoms with Crippen LogP contribution in [0.4, 0.5) is 11.6 Å². The topological polar surface area (TPSA) is 102 Å². The van der Waals surface area contributed by atoms with Crippen molar-refractivity contribution >= 4 is 21.7 Å². The SMILES string of the molecule is CNc1ncc(S(=O)(=O)Nc2ccc3c(c2)OCO3)cn1. The van der Waals surface area contributed by atoms with Crippen molar-refractivity contribution in [1.82, 2.24) is 9.97 Å². The van der Waals surface area contributed by atoms with Gasteiger partial charge in [0.1, 0.15) is 4.90 Å². The summed E-state index contributed by atoms with van der Waals surface area (Å²) in [4.78, 5) is 7.73. The first-order valence-corrected chi connectivity index (χ1v) is 7.49. The van der Waals surface area contributed by atoms with Crippen molar-refractivity contribution in [3.05, 3.63) is 30.6 Å². The van der Waals surface area contributed by atoms with Gasteiger partial charge in [-0.3, -0.25) is 4.72 Å². The molecule has 0 saturated carbocycles. The number of anilines is 2. The minimum atomic E-state index is -3.75. The molecule has 1 aliphatic rings. The number of aromatic nitrogens is 2. The Bertz CT molecular complexity index is 761. The quantitative estimate of drug-likeness (QED) is 0.870. The second-order valence-electron chi connectivity index (χ2n) is 4.17. The van der Waals surface area contributed by atoms with E-state index in [4.69, 9.17) is 9.47 Å². The van der Waals surface area contributed by atoms with Crippen LogP contribution in [0.25, 0.3) is 0 Å². The van der Waals surface area contributed by atoms with Gasteiger partial charge in [0.05, 0.1) is 18.1 Å². The molecule has 0 saturated heterocycles. The summed E-state index contributed by atoms with van der Waals surface area (Å²) in [5, 5.41) is 2.72. The monoisotopic (exact) mass is 308 g/mol. The molecule has 1 aromatic carbocycles. The zero-order valence-electron chi connectivity index (χ0n) is 11.0. The molecule has 3 rings (SSSR count). The highest BCUT2D eigenvalue weighted by atomic mass is 32.2. The molecule has 0 atom stereocenters. The molecule has 21 heavy (non-hydrogen) atoms. The van der Waals surface area contributed by atoms with Crippen LogP contribution in [0, 0.1) is 0 Å². The summed E-state index contributed by atoms with van der Waals surface area (Å²) < 4.78 is 37.2. The molecule has 2 aromatic rings. The lowest BCUT2D eigenvalue weighted by Crippen LogP contribution is -2.14. The maximum Gasteiger partial charge on any atom is 0.264 e. The number of sulfonamides is 1. The fourth-order valence-electron chi connectivity index (χ4n) is 1.76. The van der Waals surface area contributed by atoms with Gasteiger partial charge in [0, 0.05) is 13.1 Å². The van der Waals surface area contributed by atoms with Gasteiger partial charge in [0.15, 0.2) is 11.5 Å². The lowest BCUT2D eigenvalue weighted by molar-refractivity contribution is 0.174. The molecule has 0 spiro atoms. The van der Waals surface area contributed by atoms with E-state index < -0.39 is 10.0 Å². The first-order valence-electron chi connectivity index (χ1n) is 6.01. The zero-order chi connectivity index (χ0) is 14.9. The number of rotatable bonds is 4. The van der Waals surface area contributed by atoms with Crippen LogP contribution in [0.3, 0.4) is 0 Å². The van der Waals surface area contributed by atoms with Crippen LogP contribution in [0.1, 0.15) is 0 Å². The van der Waals surface area contributed by atoms with Gasteiger partial charge in [0.2, 0.25) is 12.7 Å². The Morgan fingerprint density at radius 2 is 1.86 bits per heavy atom. The summed E-state index contributed by atoms with van der Waals surface area (Å²) in [6.45, 7) is 0.130. The lowest BCUT2D eigenvalue weighted by Gasteiger charge is -2.08. The maximum absolute atomic E-state index is 12.2. The summed E-state index contributed by atoms with van der Waals surface area (Å²) >= 11 is 0. The Hall–Kier alpha value is -2.55. The van der Waals surface area contributed by atoms with Crippen LogP contribution in [0.2, 0.25) is 0 Å². The van der Waals surface area contributed by atoms with E-state index in [-0.39, 0.29) is 11.7 Å². The van der Waals surface area contributed by atoms with Crippen molar-refractivity contribution in [3.8, 4) is 11.5 Å². The van der Waals surface area contributed by atoms with E-state index in [0.717, 1.165) is 0 Å². The number of fused-ring (bicyclic) bond motifs is 1. The average molecular weight is 308 g/mol. The fourth-order valence-corrected chi connectivity index (χ4v) is 2.70. The van der Waals surface area contributed by atoms with E-state index >= 15 is 0 Å². The predicted molar refractivity (Wildman–Crippen MR) is 75.0 cm³/mol. The van der Waals surface area contributed by atoms with Crippen molar-refractivity contribution in [1.29, 1.82) is 0 Å². The van der Waals surface area contributed by atoms with Gasteiger partial charge < -0.3 is 14.8 Å². The van der Waals surface area contributed by atoms with Crippen molar-refractivity contribution < 1.29 is 17.9 Å². The van der Waals surface area contributed by atoms with Crippen LogP contribution in [-0.2, 0) is 10.0 Å². The standard InChI is InChI=1S/C12H12N4O4S/c1-13-12-14-5-9(6-15-12)21(17,18)16-8-2-3-10-11(4-8)20-7-19-10/h2-6,16H,7H2,1H3,(H,13,14,15). The predicted octanol–water partition coefficient (Wildman–Crippen LogP) is 1.05. The zero-order valence-corrected chi connectivity index (χ0v) is 11.8.